The lowest BCUT2D eigenvalue weighted by Crippen LogP contribution is -2.56. The third-order valence-electron chi connectivity index (χ3n) is 4.45. The van der Waals surface area contributed by atoms with Gasteiger partial charge in [-0.15, -0.1) is 0 Å². The minimum absolute atomic E-state index is 0.0514. The third kappa shape index (κ3) is 4.89. The number of rotatable bonds is 6. The van der Waals surface area contributed by atoms with Crippen molar-refractivity contribution >= 4 is 10.2 Å². The zero-order valence-electron chi connectivity index (χ0n) is 13.3. The molecule has 21 heavy (non-hydrogen) atoms. The number of nitrogens with one attached hydrogen (secondary N) is 2. The van der Waals surface area contributed by atoms with Gasteiger partial charge in [-0.1, -0.05) is 13.3 Å². The second-order valence-corrected chi connectivity index (χ2v) is 7.95. The average molecular weight is 318 g/mol. The Hall–Kier alpha value is -0.210. The maximum Gasteiger partial charge on any atom is 0.280 e. The van der Waals surface area contributed by atoms with Gasteiger partial charge in [0.25, 0.3) is 10.2 Å². The number of piperidine rings is 2. The Bertz CT molecular complexity index is 415. The first-order valence-electron chi connectivity index (χ1n) is 8.21. The first-order chi connectivity index (χ1) is 10.0. The van der Waals surface area contributed by atoms with Gasteiger partial charge in [0.15, 0.2) is 0 Å². The van der Waals surface area contributed by atoms with E-state index in [0.29, 0.717) is 6.54 Å². The van der Waals surface area contributed by atoms with Gasteiger partial charge in [-0.2, -0.15) is 17.4 Å². The van der Waals surface area contributed by atoms with Crippen LogP contribution in [0.5, 0.6) is 0 Å². The molecule has 2 fully saturated rings. The Labute approximate surface area is 129 Å². The molecule has 2 aliphatic heterocycles. The summed E-state index contributed by atoms with van der Waals surface area (Å²) in [6, 6.07) is 0.146. The zero-order valence-corrected chi connectivity index (χ0v) is 14.2. The van der Waals surface area contributed by atoms with Crippen LogP contribution < -0.4 is 10.0 Å². The summed E-state index contributed by atoms with van der Waals surface area (Å²) in [7, 11) is -1.32. The van der Waals surface area contributed by atoms with Crippen molar-refractivity contribution < 1.29 is 8.42 Å². The fourth-order valence-electron chi connectivity index (χ4n) is 3.35. The molecule has 0 spiro atoms. The normalized spacial score (nSPS) is 29.6. The summed E-state index contributed by atoms with van der Waals surface area (Å²) in [6.45, 7) is 6.20. The quantitative estimate of drug-likeness (QED) is 0.743. The first kappa shape index (κ1) is 17.1. The Morgan fingerprint density at radius 2 is 1.95 bits per heavy atom. The summed E-state index contributed by atoms with van der Waals surface area (Å²) in [5.41, 5.74) is 0. The van der Waals surface area contributed by atoms with Crippen molar-refractivity contribution in [2.24, 2.45) is 0 Å². The Balaban J connectivity index is 1.98. The van der Waals surface area contributed by atoms with Gasteiger partial charge in [-0.25, -0.2) is 0 Å². The highest BCUT2D eigenvalue weighted by Crippen LogP contribution is 2.20. The standard InChI is InChI=1S/C14H30N4O2S/c1-3-15-11-14-8-4-5-10-18(14)21(19,20)16-13-7-6-9-17(2)12-13/h13-16H,3-12H2,1-2H3. The SMILES string of the molecule is CCNCC1CCCCN1S(=O)(=O)NC1CCCN(C)C1. The minimum Gasteiger partial charge on any atom is -0.315 e. The molecule has 124 valence electrons. The topological polar surface area (TPSA) is 64.7 Å². The minimum atomic E-state index is -3.37. The van der Waals surface area contributed by atoms with Crippen LogP contribution in [0.25, 0.3) is 0 Å². The van der Waals surface area contributed by atoms with E-state index in [1.54, 1.807) is 4.31 Å². The largest absolute Gasteiger partial charge is 0.315 e. The Morgan fingerprint density at radius 3 is 2.67 bits per heavy atom. The van der Waals surface area contributed by atoms with Crippen molar-refractivity contribution in [3.8, 4) is 0 Å². The monoisotopic (exact) mass is 318 g/mol. The van der Waals surface area contributed by atoms with E-state index in [1.807, 2.05) is 0 Å². The first-order valence-corrected chi connectivity index (χ1v) is 9.65. The molecule has 7 heteroatoms. The molecular formula is C14H30N4O2S. The van der Waals surface area contributed by atoms with E-state index in [4.69, 9.17) is 0 Å². The summed E-state index contributed by atoms with van der Waals surface area (Å²) in [5.74, 6) is 0. The van der Waals surface area contributed by atoms with Crippen LogP contribution in [0.1, 0.15) is 39.0 Å². The van der Waals surface area contributed by atoms with Crippen molar-refractivity contribution in [3.05, 3.63) is 0 Å². The summed E-state index contributed by atoms with van der Waals surface area (Å²) in [5, 5.41) is 3.29. The molecule has 0 aromatic heterocycles. The fraction of sp³-hybridized carbons (Fsp3) is 1.00. The maximum atomic E-state index is 12.7. The number of likely N-dealkylation sites (tertiary alicyclic amines) is 1. The lowest BCUT2D eigenvalue weighted by atomic mass is 10.1. The van der Waals surface area contributed by atoms with Crippen LogP contribution in [-0.2, 0) is 10.2 Å². The molecule has 6 nitrogen and oxygen atoms in total. The molecule has 2 aliphatic rings. The average Bonchev–Trinajstić information content (AvgIpc) is 2.45. The van der Waals surface area contributed by atoms with Gasteiger partial charge in [0.1, 0.15) is 0 Å². The van der Waals surface area contributed by atoms with Gasteiger partial charge in [0.05, 0.1) is 0 Å². The summed E-state index contributed by atoms with van der Waals surface area (Å²) in [4.78, 5) is 2.20. The van der Waals surface area contributed by atoms with E-state index in [2.05, 4.69) is 28.9 Å². The highest BCUT2D eigenvalue weighted by atomic mass is 32.2. The van der Waals surface area contributed by atoms with Crippen LogP contribution in [0, 0.1) is 0 Å². The molecule has 2 heterocycles. The predicted molar refractivity (Wildman–Crippen MR) is 85.5 cm³/mol. The lowest BCUT2D eigenvalue weighted by Gasteiger charge is -2.37. The van der Waals surface area contributed by atoms with Crippen molar-refractivity contribution in [2.45, 2.75) is 51.1 Å². The van der Waals surface area contributed by atoms with Gasteiger partial charge in [0.2, 0.25) is 0 Å². The van der Waals surface area contributed by atoms with Gasteiger partial charge in [0, 0.05) is 31.7 Å². The molecule has 2 rings (SSSR count). The van der Waals surface area contributed by atoms with Gasteiger partial charge < -0.3 is 10.2 Å². The van der Waals surface area contributed by atoms with Crippen LogP contribution in [-0.4, -0.2) is 69.5 Å². The predicted octanol–water partition coefficient (Wildman–Crippen LogP) is 0.379. The van der Waals surface area contributed by atoms with E-state index in [0.717, 1.165) is 58.3 Å². The molecule has 0 aromatic rings. The molecule has 2 saturated heterocycles. The molecular weight excluding hydrogens is 288 g/mol. The van der Waals surface area contributed by atoms with Crippen molar-refractivity contribution in [2.75, 3.05) is 39.8 Å². The van der Waals surface area contributed by atoms with Gasteiger partial charge >= 0.3 is 0 Å². The highest BCUT2D eigenvalue weighted by Gasteiger charge is 2.34. The van der Waals surface area contributed by atoms with Crippen molar-refractivity contribution in [1.29, 1.82) is 0 Å². The van der Waals surface area contributed by atoms with E-state index in [1.165, 1.54) is 0 Å². The Kier molecular flexibility index (Phi) is 6.43. The van der Waals surface area contributed by atoms with Gasteiger partial charge in [-0.3, -0.25) is 0 Å². The van der Waals surface area contributed by atoms with Crippen LogP contribution in [0.4, 0.5) is 0 Å². The molecule has 2 N–H and O–H groups in total. The molecule has 0 amide bonds. The number of likely N-dealkylation sites (N-methyl/N-ethyl adjacent to an activating group) is 2. The second kappa shape index (κ2) is 7.87. The maximum absolute atomic E-state index is 12.7. The smallest absolute Gasteiger partial charge is 0.280 e. The van der Waals surface area contributed by atoms with Crippen molar-refractivity contribution in [3.63, 3.8) is 0 Å². The van der Waals surface area contributed by atoms with Crippen LogP contribution in [0.15, 0.2) is 0 Å². The van der Waals surface area contributed by atoms with Crippen molar-refractivity contribution in [1.82, 2.24) is 19.2 Å². The molecule has 0 saturated carbocycles. The van der Waals surface area contributed by atoms with E-state index in [9.17, 15) is 8.42 Å². The molecule has 0 bridgehead atoms. The fourth-order valence-corrected chi connectivity index (χ4v) is 5.04. The number of nitrogens with zero attached hydrogens (tertiary/aromatic N) is 2. The lowest BCUT2D eigenvalue weighted by molar-refractivity contribution is 0.223. The third-order valence-corrected chi connectivity index (χ3v) is 6.18. The highest BCUT2D eigenvalue weighted by molar-refractivity contribution is 7.87. The van der Waals surface area contributed by atoms with Crippen LogP contribution in [0.3, 0.4) is 0 Å². The molecule has 2 unspecified atom stereocenters. The van der Waals surface area contributed by atoms with E-state index < -0.39 is 10.2 Å². The van der Waals surface area contributed by atoms with E-state index >= 15 is 0 Å². The Morgan fingerprint density at radius 1 is 1.14 bits per heavy atom. The molecule has 0 aliphatic carbocycles. The summed E-state index contributed by atoms with van der Waals surface area (Å²) in [6.07, 6.45) is 5.04. The van der Waals surface area contributed by atoms with E-state index in [-0.39, 0.29) is 12.1 Å². The molecule has 0 aromatic carbocycles. The summed E-state index contributed by atoms with van der Waals surface area (Å²) < 4.78 is 30.0. The van der Waals surface area contributed by atoms with Gasteiger partial charge in [-0.05, 0) is 45.8 Å². The second-order valence-electron chi connectivity index (χ2n) is 6.29. The van der Waals surface area contributed by atoms with Crippen LogP contribution in [0.2, 0.25) is 0 Å². The molecule has 0 radical (unpaired) electrons. The molecule has 2 atom stereocenters. The number of hydrogen-bond donors (Lipinski definition) is 2. The number of hydrogen-bond acceptors (Lipinski definition) is 4. The summed E-state index contributed by atoms with van der Waals surface area (Å²) >= 11 is 0. The zero-order chi connectivity index (χ0) is 15.3. The van der Waals surface area contributed by atoms with Crippen LogP contribution >= 0.6 is 0 Å².